The maximum Gasteiger partial charge on any atom is 0.137 e. The Balaban J connectivity index is 2.09. The molecule has 0 aromatic heterocycles. The van der Waals surface area contributed by atoms with Crippen molar-refractivity contribution >= 4 is 23.5 Å². The van der Waals surface area contributed by atoms with Crippen molar-refractivity contribution in [3.63, 3.8) is 0 Å². The van der Waals surface area contributed by atoms with Gasteiger partial charge in [-0.25, -0.2) is 0 Å². The van der Waals surface area contributed by atoms with E-state index in [1.807, 2.05) is 66.7 Å². The summed E-state index contributed by atoms with van der Waals surface area (Å²) >= 11 is 5.94. The average molecular weight is 285 g/mol. The molecule has 1 atom stereocenters. The van der Waals surface area contributed by atoms with Gasteiger partial charge in [-0.2, -0.15) is 0 Å². The summed E-state index contributed by atoms with van der Waals surface area (Å²) in [6.07, 6.45) is 4.74. The number of benzene rings is 2. The van der Waals surface area contributed by atoms with E-state index in [1.54, 1.807) is 6.92 Å². The van der Waals surface area contributed by atoms with Crippen molar-refractivity contribution in [3.8, 4) is 0 Å². The van der Waals surface area contributed by atoms with Crippen molar-refractivity contribution in [3.05, 3.63) is 76.8 Å². The van der Waals surface area contributed by atoms with Crippen LogP contribution in [0.15, 0.2) is 60.7 Å². The van der Waals surface area contributed by atoms with Gasteiger partial charge in [0.2, 0.25) is 0 Å². The molecule has 2 aromatic carbocycles. The van der Waals surface area contributed by atoms with Crippen molar-refractivity contribution in [2.75, 3.05) is 0 Å². The summed E-state index contributed by atoms with van der Waals surface area (Å²) in [7, 11) is 0. The van der Waals surface area contributed by atoms with E-state index >= 15 is 0 Å². The second-order valence-corrected chi connectivity index (χ2v) is 5.20. The van der Waals surface area contributed by atoms with Crippen LogP contribution in [-0.2, 0) is 4.79 Å². The lowest BCUT2D eigenvalue weighted by Gasteiger charge is -2.11. The summed E-state index contributed by atoms with van der Waals surface area (Å²) in [6.45, 7) is 1.64. The van der Waals surface area contributed by atoms with Gasteiger partial charge in [0.05, 0.1) is 0 Å². The highest BCUT2D eigenvalue weighted by Crippen LogP contribution is 2.22. The Morgan fingerprint density at radius 3 is 2.55 bits per heavy atom. The predicted octanol–water partition coefficient (Wildman–Crippen LogP) is 5.12. The summed E-state index contributed by atoms with van der Waals surface area (Å²) in [5.41, 5.74) is 2.11. The van der Waals surface area contributed by atoms with Crippen molar-refractivity contribution in [2.45, 2.75) is 19.3 Å². The third-order valence-corrected chi connectivity index (χ3v) is 3.46. The van der Waals surface area contributed by atoms with Crippen LogP contribution < -0.4 is 0 Å². The quantitative estimate of drug-likeness (QED) is 0.745. The number of ketones is 1. The van der Waals surface area contributed by atoms with E-state index in [0.717, 1.165) is 16.1 Å². The molecule has 0 bridgehead atoms. The molecule has 0 fully saturated rings. The van der Waals surface area contributed by atoms with Crippen LogP contribution in [-0.4, -0.2) is 5.78 Å². The van der Waals surface area contributed by atoms with Gasteiger partial charge in [-0.1, -0.05) is 66.2 Å². The standard InChI is InChI=1S/C18H17ClO/c1-14(20)18(16-9-3-2-4-10-16)12-6-8-15-7-5-11-17(19)13-15/h2-11,13,18H,12H2,1H3. The minimum atomic E-state index is -0.0772. The van der Waals surface area contributed by atoms with Crippen LogP contribution in [0.3, 0.4) is 0 Å². The Hall–Kier alpha value is -1.86. The van der Waals surface area contributed by atoms with Crippen LogP contribution in [0.4, 0.5) is 0 Å². The number of rotatable bonds is 5. The maximum absolute atomic E-state index is 11.8. The van der Waals surface area contributed by atoms with Gasteiger partial charge in [-0.05, 0) is 36.6 Å². The largest absolute Gasteiger partial charge is 0.299 e. The number of carbonyl (C=O) groups is 1. The molecule has 0 radical (unpaired) electrons. The highest BCUT2D eigenvalue weighted by atomic mass is 35.5. The van der Waals surface area contributed by atoms with Crippen LogP contribution in [0.25, 0.3) is 6.08 Å². The Bertz CT molecular complexity index is 602. The molecule has 0 aliphatic heterocycles. The summed E-state index contributed by atoms with van der Waals surface area (Å²) < 4.78 is 0. The van der Waals surface area contributed by atoms with E-state index in [4.69, 9.17) is 11.6 Å². The third-order valence-electron chi connectivity index (χ3n) is 3.22. The molecular formula is C18H17ClO. The maximum atomic E-state index is 11.8. The van der Waals surface area contributed by atoms with Gasteiger partial charge >= 0.3 is 0 Å². The fourth-order valence-electron chi connectivity index (χ4n) is 2.17. The van der Waals surface area contributed by atoms with Gasteiger partial charge in [0.25, 0.3) is 0 Å². The lowest BCUT2D eigenvalue weighted by molar-refractivity contribution is -0.118. The first kappa shape index (κ1) is 14.5. The molecule has 1 unspecified atom stereocenters. The van der Waals surface area contributed by atoms with Crippen LogP contribution in [0.1, 0.15) is 30.4 Å². The molecule has 0 saturated carbocycles. The minimum Gasteiger partial charge on any atom is -0.299 e. The molecule has 102 valence electrons. The lowest BCUT2D eigenvalue weighted by atomic mass is 9.92. The Kier molecular flexibility index (Phi) is 5.14. The van der Waals surface area contributed by atoms with Gasteiger partial charge in [-0.3, -0.25) is 4.79 Å². The number of hydrogen-bond acceptors (Lipinski definition) is 1. The molecule has 2 rings (SSSR count). The van der Waals surface area contributed by atoms with Gasteiger partial charge in [0, 0.05) is 10.9 Å². The molecule has 0 heterocycles. The SMILES string of the molecule is CC(=O)C(CC=Cc1cccc(Cl)c1)c1ccccc1. The number of Topliss-reactive ketones (excluding diaryl/α,β-unsaturated/α-hetero) is 1. The number of hydrogen-bond donors (Lipinski definition) is 0. The number of carbonyl (C=O) groups excluding carboxylic acids is 1. The molecule has 20 heavy (non-hydrogen) atoms. The van der Waals surface area contributed by atoms with Crippen molar-refractivity contribution in [2.24, 2.45) is 0 Å². The van der Waals surface area contributed by atoms with Crippen molar-refractivity contribution in [1.82, 2.24) is 0 Å². The molecule has 0 aliphatic carbocycles. The van der Waals surface area contributed by atoms with Crippen molar-refractivity contribution < 1.29 is 4.79 Å². The molecule has 0 saturated heterocycles. The third kappa shape index (κ3) is 4.07. The molecule has 2 heteroatoms. The van der Waals surface area contributed by atoms with Gasteiger partial charge < -0.3 is 0 Å². The van der Waals surface area contributed by atoms with E-state index in [-0.39, 0.29) is 11.7 Å². The van der Waals surface area contributed by atoms with E-state index < -0.39 is 0 Å². The Morgan fingerprint density at radius 1 is 1.15 bits per heavy atom. The number of allylic oxidation sites excluding steroid dienone is 1. The second-order valence-electron chi connectivity index (χ2n) is 4.77. The zero-order valence-corrected chi connectivity index (χ0v) is 12.2. The monoisotopic (exact) mass is 284 g/mol. The van der Waals surface area contributed by atoms with E-state index in [9.17, 15) is 4.79 Å². The first-order chi connectivity index (χ1) is 9.66. The molecule has 0 spiro atoms. The molecular weight excluding hydrogens is 268 g/mol. The molecule has 1 nitrogen and oxygen atoms in total. The Morgan fingerprint density at radius 2 is 1.90 bits per heavy atom. The molecule has 0 aliphatic rings. The van der Waals surface area contributed by atoms with Crippen LogP contribution in [0, 0.1) is 0 Å². The first-order valence-corrected chi connectivity index (χ1v) is 7.02. The second kappa shape index (κ2) is 7.06. The van der Waals surface area contributed by atoms with Crippen LogP contribution >= 0.6 is 11.6 Å². The molecule has 2 aromatic rings. The van der Waals surface area contributed by atoms with Crippen molar-refractivity contribution in [1.29, 1.82) is 0 Å². The highest BCUT2D eigenvalue weighted by Gasteiger charge is 2.14. The summed E-state index contributed by atoms with van der Waals surface area (Å²) in [5, 5.41) is 0.721. The zero-order valence-electron chi connectivity index (χ0n) is 11.4. The first-order valence-electron chi connectivity index (χ1n) is 6.64. The van der Waals surface area contributed by atoms with Crippen LogP contribution in [0.2, 0.25) is 5.02 Å². The zero-order chi connectivity index (χ0) is 14.4. The minimum absolute atomic E-state index is 0.0772. The summed E-state index contributed by atoms with van der Waals surface area (Å²) in [4.78, 5) is 11.8. The highest BCUT2D eigenvalue weighted by molar-refractivity contribution is 6.30. The topological polar surface area (TPSA) is 17.1 Å². The average Bonchev–Trinajstić information content (AvgIpc) is 2.44. The van der Waals surface area contributed by atoms with E-state index in [1.165, 1.54) is 0 Å². The number of halogens is 1. The fraction of sp³-hybridized carbons (Fsp3) is 0.167. The molecule has 0 N–H and O–H groups in total. The van der Waals surface area contributed by atoms with Gasteiger partial charge in [0.1, 0.15) is 5.78 Å². The summed E-state index contributed by atoms with van der Waals surface area (Å²) in [6, 6.07) is 17.6. The van der Waals surface area contributed by atoms with Crippen LogP contribution in [0.5, 0.6) is 0 Å². The molecule has 0 amide bonds. The van der Waals surface area contributed by atoms with Gasteiger partial charge in [-0.15, -0.1) is 0 Å². The smallest absolute Gasteiger partial charge is 0.137 e. The van der Waals surface area contributed by atoms with E-state index in [0.29, 0.717) is 6.42 Å². The van der Waals surface area contributed by atoms with Gasteiger partial charge in [0.15, 0.2) is 0 Å². The Labute approximate surface area is 124 Å². The fourth-order valence-corrected chi connectivity index (χ4v) is 2.37. The predicted molar refractivity (Wildman–Crippen MR) is 85.0 cm³/mol. The normalized spacial score (nSPS) is 12.5. The lowest BCUT2D eigenvalue weighted by Crippen LogP contribution is -2.07. The summed E-state index contributed by atoms with van der Waals surface area (Å²) in [5.74, 6) is 0.110. The van der Waals surface area contributed by atoms with E-state index in [2.05, 4.69) is 0 Å².